The summed E-state index contributed by atoms with van der Waals surface area (Å²) in [6.45, 7) is 3.35. The summed E-state index contributed by atoms with van der Waals surface area (Å²) in [5.74, 6) is -2.02. The van der Waals surface area contributed by atoms with Crippen molar-refractivity contribution in [2.24, 2.45) is 0 Å². The van der Waals surface area contributed by atoms with Crippen molar-refractivity contribution >= 4 is 18.0 Å². The minimum atomic E-state index is -1.53. The fourth-order valence-electron chi connectivity index (χ4n) is 2.62. The molecule has 2 amide bonds. The molecule has 2 aromatic rings. The standard InChI is InChI=1S/C22H26N2O6/c1-15(2)30-20(21(26)27)24-19(25)18(13-16-9-5-3-6-10-16)23-22(28)29-14-17-11-7-4-8-12-17/h3-12,15,18,20H,13-14H2,1-2H3,(H,23,28)(H,24,25)(H,26,27)/t18-,20?/m0/s1. The van der Waals surface area contributed by atoms with Crippen LogP contribution in [0, 0.1) is 0 Å². The van der Waals surface area contributed by atoms with Gasteiger partial charge < -0.3 is 25.2 Å². The highest BCUT2D eigenvalue weighted by Crippen LogP contribution is 2.06. The number of carboxylic acid groups (broad SMARTS) is 1. The van der Waals surface area contributed by atoms with Gasteiger partial charge in [-0.25, -0.2) is 9.59 Å². The van der Waals surface area contributed by atoms with Crippen LogP contribution in [0.25, 0.3) is 0 Å². The average Bonchev–Trinajstić information content (AvgIpc) is 2.72. The molecular formula is C22H26N2O6. The third kappa shape index (κ3) is 7.92. The maximum atomic E-state index is 12.7. The first-order chi connectivity index (χ1) is 14.3. The van der Waals surface area contributed by atoms with Gasteiger partial charge in [0.05, 0.1) is 6.10 Å². The van der Waals surface area contributed by atoms with Gasteiger partial charge >= 0.3 is 12.1 Å². The van der Waals surface area contributed by atoms with E-state index in [2.05, 4.69) is 10.6 Å². The molecule has 1 unspecified atom stereocenters. The molecule has 0 aliphatic heterocycles. The van der Waals surface area contributed by atoms with E-state index in [1.54, 1.807) is 38.1 Å². The lowest BCUT2D eigenvalue weighted by Gasteiger charge is -2.22. The summed E-state index contributed by atoms with van der Waals surface area (Å²) in [5.41, 5.74) is 1.59. The summed E-state index contributed by atoms with van der Waals surface area (Å²) in [6, 6.07) is 17.1. The first-order valence-electron chi connectivity index (χ1n) is 9.55. The first kappa shape index (κ1) is 22.9. The summed E-state index contributed by atoms with van der Waals surface area (Å²) in [7, 11) is 0. The molecule has 2 atom stereocenters. The van der Waals surface area contributed by atoms with Crippen LogP contribution in [0.1, 0.15) is 25.0 Å². The molecule has 8 nitrogen and oxygen atoms in total. The van der Waals surface area contributed by atoms with Crippen LogP contribution in [0.15, 0.2) is 60.7 Å². The molecule has 0 saturated carbocycles. The number of benzene rings is 2. The third-order valence-corrected chi connectivity index (χ3v) is 4.01. The zero-order valence-corrected chi connectivity index (χ0v) is 16.9. The van der Waals surface area contributed by atoms with E-state index in [0.717, 1.165) is 11.1 Å². The van der Waals surface area contributed by atoms with E-state index in [0.29, 0.717) is 0 Å². The summed E-state index contributed by atoms with van der Waals surface area (Å²) < 4.78 is 10.4. The number of nitrogens with one attached hydrogen (secondary N) is 2. The number of aliphatic carboxylic acids is 1. The molecule has 2 aromatic carbocycles. The Morgan fingerprint density at radius 2 is 1.47 bits per heavy atom. The van der Waals surface area contributed by atoms with Crippen LogP contribution < -0.4 is 10.6 Å². The number of alkyl carbamates (subject to hydrolysis) is 1. The van der Waals surface area contributed by atoms with Crippen molar-refractivity contribution in [2.45, 2.75) is 45.2 Å². The van der Waals surface area contributed by atoms with Gasteiger partial charge in [-0.05, 0) is 25.0 Å². The Morgan fingerprint density at radius 3 is 2.00 bits per heavy atom. The number of carboxylic acids is 1. The second-order valence-corrected chi connectivity index (χ2v) is 6.86. The monoisotopic (exact) mass is 414 g/mol. The highest BCUT2D eigenvalue weighted by atomic mass is 16.5. The van der Waals surface area contributed by atoms with Crippen LogP contribution in [0.4, 0.5) is 4.79 Å². The Morgan fingerprint density at radius 1 is 0.900 bits per heavy atom. The predicted molar refractivity (Wildman–Crippen MR) is 109 cm³/mol. The molecule has 0 bridgehead atoms. The van der Waals surface area contributed by atoms with Crippen LogP contribution in [0.3, 0.4) is 0 Å². The van der Waals surface area contributed by atoms with Crippen molar-refractivity contribution in [3.63, 3.8) is 0 Å². The second kappa shape index (κ2) is 11.6. The predicted octanol–water partition coefficient (Wildman–Crippen LogP) is 2.48. The fourth-order valence-corrected chi connectivity index (χ4v) is 2.62. The SMILES string of the molecule is CC(C)OC(NC(=O)[C@H](Cc1ccccc1)NC(=O)OCc1ccccc1)C(=O)O. The molecule has 30 heavy (non-hydrogen) atoms. The molecule has 0 aromatic heterocycles. The molecule has 0 aliphatic rings. The molecule has 160 valence electrons. The first-order valence-corrected chi connectivity index (χ1v) is 9.55. The minimum absolute atomic E-state index is 0.0422. The smallest absolute Gasteiger partial charge is 0.408 e. The quantitative estimate of drug-likeness (QED) is 0.515. The summed E-state index contributed by atoms with van der Waals surface area (Å²) in [6.07, 6.45) is -2.58. The number of ether oxygens (including phenoxy) is 2. The number of carbonyl (C=O) groups is 3. The van der Waals surface area contributed by atoms with Gasteiger partial charge in [-0.3, -0.25) is 4.79 Å². The molecule has 3 N–H and O–H groups in total. The number of carbonyl (C=O) groups excluding carboxylic acids is 2. The average molecular weight is 414 g/mol. The number of rotatable bonds is 10. The van der Waals surface area contributed by atoms with E-state index < -0.39 is 36.3 Å². The lowest BCUT2D eigenvalue weighted by Crippen LogP contribution is -2.53. The number of amides is 2. The highest BCUT2D eigenvalue weighted by molar-refractivity contribution is 5.89. The lowest BCUT2D eigenvalue weighted by molar-refractivity contribution is -0.159. The minimum Gasteiger partial charge on any atom is -0.478 e. The van der Waals surface area contributed by atoms with Crippen LogP contribution >= 0.6 is 0 Å². The van der Waals surface area contributed by atoms with Crippen molar-refractivity contribution in [3.05, 3.63) is 71.8 Å². The van der Waals surface area contributed by atoms with E-state index in [-0.39, 0.29) is 13.0 Å². The molecule has 0 radical (unpaired) electrons. The highest BCUT2D eigenvalue weighted by Gasteiger charge is 2.28. The van der Waals surface area contributed by atoms with Gasteiger partial charge in [0.1, 0.15) is 12.6 Å². The van der Waals surface area contributed by atoms with Crippen molar-refractivity contribution in [3.8, 4) is 0 Å². The van der Waals surface area contributed by atoms with E-state index in [1.165, 1.54) is 0 Å². The van der Waals surface area contributed by atoms with Crippen molar-refractivity contribution < 1.29 is 29.0 Å². The Bertz CT molecular complexity index is 826. The van der Waals surface area contributed by atoms with Gasteiger partial charge in [0.25, 0.3) is 0 Å². The van der Waals surface area contributed by atoms with Crippen molar-refractivity contribution in [1.82, 2.24) is 10.6 Å². The third-order valence-electron chi connectivity index (χ3n) is 4.01. The zero-order chi connectivity index (χ0) is 21.9. The van der Waals surface area contributed by atoms with Crippen molar-refractivity contribution in [1.29, 1.82) is 0 Å². The molecule has 8 heteroatoms. The maximum absolute atomic E-state index is 12.7. The molecule has 0 aliphatic carbocycles. The maximum Gasteiger partial charge on any atom is 0.408 e. The van der Waals surface area contributed by atoms with Gasteiger partial charge in [0, 0.05) is 6.42 Å². The van der Waals surface area contributed by atoms with E-state index in [4.69, 9.17) is 9.47 Å². The lowest BCUT2D eigenvalue weighted by atomic mass is 10.1. The molecular weight excluding hydrogens is 388 g/mol. The largest absolute Gasteiger partial charge is 0.478 e. The van der Waals surface area contributed by atoms with Gasteiger partial charge in [-0.1, -0.05) is 60.7 Å². The Kier molecular flexibility index (Phi) is 8.83. The summed E-state index contributed by atoms with van der Waals surface area (Å²) in [4.78, 5) is 36.4. The number of hydrogen-bond donors (Lipinski definition) is 3. The number of hydrogen-bond acceptors (Lipinski definition) is 5. The van der Waals surface area contributed by atoms with Gasteiger partial charge in [-0.15, -0.1) is 0 Å². The van der Waals surface area contributed by atoms with Crippen molar-refractivity contribution in [2.75, 3.05) is 0 Å². The molecule has 0 saturated heterocycles. The molecule has 0 heterocycles. The fraction of sp³-hybridized carbons (Fsp3) is 0.318. The summed E-state index contributed by atoms with van der Waals surface area (Å²) in [5, 5.41) is 14.1. The van der Waals surface area contributed by atoms with Crippen LogP contribution in [0.2, 0.25) is 0 Å². The van der Waals surface area contributed by atoms with Gasteiger partial charge in [0.15, 0.2) is 0 Å². The Labute approximate surface area is 175 Å². The Balaban J connectivity index is 2.06. The van der Waals surface area contributed by atoms with Crippen LogP contribution in [-0.2, 0) is 32.1 Å². The zero-order valence-electron chi connectivity index (χ0n) is 16.9. The Hall–Kier alpha value is -3.39. The molecule has 0 spiro atoms. The van der Waals surface area contributed by atoms with Crippen LogP contribution in [0.5, 0.6) is 0 Å². The normalized spacial score (nSPS) is 12.6. The van der Waals surface area contributed by atoms with E-state index >= 15 is 0 Å². The van der Waals surface area contributed by atoms with Crippen LogP contribution in [-0.4, -0.2) is 41.4 Å². The second-order valence-electron chi connectivity index (χ2n) is 6.86. The van der Waals surface area contributed by atoms with E-state index in [9.17, 15) is 19.5 Å². The van der Waals surface area contributed by atoms with Gasteiger partial charge in [-0.2, -0.15) is 0 Å². The molecule has 2 rings (SSSR count). The topological polar surface area (TPSA) is 114 Å². The molecule has 0 fully saturated rings. The van der Waals surface area contributed by atoms with E-state index in [1.807, 2.05) is 36.4 Å². The van der Waals surface area contributed by atoms with Gasteiger partial charge in [0.2, 0.25) is 12.1 Å². The summed E-state index contributed by atoms with van der Waals surface area (Å²) >= 11 is 0.